The number of nitrogens with one attached hydrogen (secondary N) is 1. The Morgan fingerprint density at radius 3 is 3.00 bits per heavy atom. The van der Waals surface area contributed by atoms with Crippen molar-refractivity contribution in [1.29, 1.82) is 0 Å². The number of aromatic nitrogens is 1. The summed E-state index contributed by atoms with van der Waals surface area (Å²) in [5.74, 6) is 1.04. The van der Waals surface area contributed by atoms with E-state index in [1.54, 1.807) is 24.3 Å². The fourth-order valence-electron chi connectivity index (χ4n) is 1.72. The lowest BCUT2D eigenvalue weighted by molar-refractivity contribution is -0.117. The Morgan fingerprint density at radius 1 is 1.63 bits per heavy atom. The van der Waals surface area contributed by atoms with Gasteiger partial charge in [0, 0.05) is 17.0 Å². The molecule has 0 fully saturated rings. The summed E-state index contributed by atoms with van der Waals surface area (Å²) >= 11 is 1.69. The highest BCUT2D eigenvalue weighted by Gasteiger charge is 2.16. The lowest BCUT2D eigenvalue weighted by Crippen LogP contribution is -2.32. The number of aryl methyl sites for hydroxylation is 1. The summed E-state index contributed by atoms with van der Waals surface area (Å²) in [6, 6.07) is 6.00. The molecular formula is C13H17N3O2S. The number of anilines is 1. The molecule has 2 heterocycles. The van der Waals surface area contributed by atoms with Gasteiger partial charge in [0.2, 0.25) is 5.91 Å². The van der Waals surface area contributed by atoms with Crippen LogP contribution in [-0.2, 0) is 4.79 Å². The van der Waals surface area contributed by atoms with Gasteiger partial charge in [-0.1, -0.05) is 11.2 Å². The molecule has 2 rings (SSSR count). The number of carbonyl (C=O) groups is 1. The topological polar surface area (TPSA) is 58.4 Å². The minimum absolute atomic E-state index is 0.0980. The fraction of sp³-hybridized carbons (Fsp3) is 0.385. The van der Waals surface area contributed by atoms with Crippen LogP contribution in [0.4, 0.5) is 5.82 Å². The SMILES string of the molecule is Cc1cc(NC(=O)CN(C)[C@@H](C)c2cccs2)no1. The molecule has 0 radical (unpaired) electrons. The Kier molecular flexibility index (Phi) is 4.34. The molecular weight excluding hydrogens is 262 g/mol. The predicted molar refractivity (Wildman–Crippen MR) is 75.2 cm³/mol. The monoisotopic (exact) mass is 279 g/mol. The number of rotatable bonds is 5. The van der Waals surface area contributed by atoms with Crippen LogP contribution in [0, 0.1) is 6.92 Å². The average Bonchev–Trinajstić information content (AvgIpc) is 2.99. The summed E-state index contributed by atoms with van der Waals surface area (Å²) in [5.41, 5.74) is 0. The number of thiophene rings is 1. The minimum atomic E-state index is -0.0980. The van der Waals surface area contributed by atoms with Gasteiger partial charge in [0.25, 0.3) is 0 Å². The van der Waals surface area contributed by atoms with E-state index in [-0.39, 0.29) is 11.9 Å². The van der Waals surface area contributed by atoms with Gasteiger partial charge < -0.3 is 9.84 Å². The molecule has 2 aromatic heterocycles. The van der Waals surface area contributed by atoms with E-state index >= 15 is 0 Å². The highest BCUT2D eigenvalue weighted by molar-refractivity contribution is 7.10. The van der Waals surface area contributed by atoms with Crippen molar-refractivity contribution in [3.63, 3.8) is 0 Å². The number of hydrogen-bond donors (Lipinski definition) is 1. The van der Waals surface area contributed by atoms with Gasteiger partial charge in [-0.2, -0.15) is 0 Å². The zero-order valence-electron chi connectivity index (χ0n) is 11.2. The van der Waals surface area contributed by atoms with Crippen LogP contribution in [-0.4, -0.2) is 29.6 Å². The third kappa shape index (κ3) is 3.65. The van der Waals surface area contributed by atoms with Gasteiger partial charge >= 0.3 is 0 Å². The van der Waals surface area contributed by atoms with Crippen LogP contribution in [0.1, 0.15) is 23.6 Å². The van der Waals surface area contributed by atoms with Crippen molar-refractivity contribution in [2.45, 2.75) is 19.9 Å². The summed E-state index contributed by atoms with van der Waals surface area (Å²) in [6.45, 7) is 4.18. The molecule has 0 saturated carbocycles. The average molecular weight is 279 g/mol. The molecule has 0 spiro atoms. The molecule has 6 heteroatoms. The largest absolute Gasteiger partial charge is 0.360 e. The van der Waals surface area contributed by atoms with E-state index < -0.39 is 0 Å². The summed E-state index contributed by atoms with van der Waals surface area (Å²) in [7, 11) is 1.93. The number of amides is 1. The van der Waals surface area contributed by atoms with E-state index in [4.69, 9.17) is 4.52 Å². The van der Waals surface area contributed by atoms with Crippen molar-refractivity contribution in [2.75, 3.05) is 18.9 Å². The maximum atomic E-state index is 11.9. The highest BCUT2D eigenvalue weighted by atomic mass is 32.1. The van der Waals surface area contributed by atoms with E-state index in [1.807, 2.05) is 23.4 Å². The number of nitrogens with zero attached hydrogens (tertiary/aromatic N) is 2. The first kappa shape index (κ1) is 13.8. The molecule has 0 aliphatic rings. The lowest BCUT2D eigenvalue weighted by Gasteiger charge is -2.22. The second-order valence-corrected chi connectivity index (χ2v) is 5.46. The van der Waals surface area contributed by atoms with Crippen LogP contribution in [0.2, 0.25) is 0 Å². The van der Waals surface area contributed by atoms with Crippen molar-refractivity contribution in [3.8, 4) is 0 Å². The third-order valence-corrected chi connectivity index (χ3v) is 3.95. The van der Waals surface area contributed by atoms with E-state index in [0.717, 1.165) is 0 Å². The Labute approximate surface area is 116 Å². The number of carbonyl (C=O) groups excluding carboxylic acids is 1. The minimum Gasteiger partial charge on any atom is -0.360 e. The van der Waals surface area contributed by atoms with Crippen LogP contribution in [0.25, 0.3) is 0 Å². The molecule has 1 atom stereocenters. The second-order valence-electron chi connectivity index (χ2n) is 4.48. The standard InChI is InChI=1S/C13H17N3O2S/c1-9-7-12(15-18-9)14-13(17)8-16(3)10(2)11-5-4-6-19-11/h4-7,10H,8H2,1-3H3,(H,14,15,17)/t10-/m0/s1. The van der Waals surface area contributed by atoms with E-state index in [0.29, 0.717) is 18.1 Å². The van der Waals surface area contributed by atoms with Gasteiger partial charge in [-0.25, -0.2) is 0 Å². The first-order chi connectivity index (χ1) is 9.06. The second kappa shape index (κ2) is 5.99. The van der Waals surface area contributed by atoms with E-state index in [1.165, 1.54) is 4.88 Å². The van der Waals surface area contributed by atoms with Crippen molar-refractivity contribution in [2.24, 2.45) is 0 Å². The first-order valence-corrected chi connectivity index (χ1v) is 6.91. The molecule has 0 bridgehead atoms. The smallest absolute Gasteiger partial charge is 0.239 e. The fourth-order valence-corrected chi connectivity index (χ4v) is 2.57. The Morgan fingerprint density at radius 2 is 2.42 bits per heavy atom. The molecule has 19 heavy (non-hydrogen) atoms. The number of hydrogen-bond acceptors (Lipinski definition) is 5. The summed E-state index contributed by atoms with van der Waals surface area (Å²) < 4.78 is 4.90. The number of likely N-dealkylation sites (N-methyl/N-ethyl adjacent to an activating group) is 1. The van der Waals surface area contributed by atoms with Gasteiger partial charge in [-0.3, -0.25) is 9.69 Å². The molecule has 2 aromatic rings. The first-order valence-electron chi connectivity index (χ1n) is 6.03. The molecule has 1 N–H and O–H groups in total. The maximum absolute atomic E-state index is 11.9. The molecule has 0 saturated heterocycles. The highest BCUT2D eigenvalue weighted by Crippen LogP contribution is 2.23. The molecule has 0 unspecified atom stereocenters. The Balaban J connectivity index is 1.88. The van der Waals surface area contributed by atoms with Crippen LogP contribution < -0.4 is 5.32 Å². The predicted octanol–water partition coefficient (Wildman–Crippen LogP) is 2.68. The van der Waals surface area contributed by atoms with Crippen molar-refractivity contribution in [3.05, 3.63) is 34.2 Å². The molecule has 0 aliphatic carbocycles. The van der Waals surface area contributed by atoms with E-state index in [2.05, 4.69) is 23.5 Å². The maximum Gasteiger partial charge on any atom is 0.239 e. The van der Waals surface area contributed by atoms with Crippen LogP contribution in [0.15, 0.2) is 28.1 Å². The Bertz CT molecular complexity index is 536. The molecule has 1 amide bonds. The summed E-state index contributed by atoms with van der Waals surface area (Å²) in [6.07, 6.45) is 0. The van der Waals surface area contributed by atoms with Gasteiger partial charge in [0.15, 0.2) is 5.82 Å². The summed E-state index contributed by atoms with van der Waals surface area (Å²) in [5, 5.41) is 8.49. The van der Waals surface area contributed by atoms with Gasteiger partial charge in [0.1, 0.15) is 5.76 Å². The zero-order chi connectivity index (χ0) is 13.8. The normalized spacial score (nSPS) is 12.6. The molecule has 102 valence electrons. The lowest BCUT2D eigenvalue weighted by atomic mass is 10.2. The quantitative estimate of drug-likeness (QED) is 0.914. The van der Waals surface area contributed by atoms with Crippen LogP contribution >= 0.6 is 11.3 Å². The third-order valence-electron chi connectivity index (χ3n) is 2.90. The molecule has 5 nitrogen and oxygen atoms in total. The van der Waals surface area contributed by atoms with E-state index in [9.17, 15) is 4.79 Å². The summed E-state index contributed by atoms with van der Waals surface area (Å²) in [4.78, 5) is 15.1. The van der Waals surface area contributed by atoms with Gasteiger partial charge in [-0.05, 0) is 32.3 Å². The van der Waals surface area contributed by atoms with Gasteiger partial charge in [0.05, 0.1) is 6.54 Å². The van der Waals surface area contributed by atoms with Crippen LogP contribution in [0.5, 0.6) is 0 Å². The van der Waals surface area contributed by atoms with Crippen molar-refractivity contribution < 1.29 is 9.32 Å². The molecule has 0 aromatic carbocycles. The van der Waals surface area contributed by atoms with Crippen molar-refractivity contribution in [1.82, 2.24) is 10.1 Å². The Hall–Kier alpha value is -1.66. The zero-order valence-corrected chi connectivity index (χ0v) is 12.0. The van der Waals surface area contributed by atoms with Gasteiger partial charge in [-0.15, -0.1) is 11.3 Å². The molecule has 0 aliphatic heterocycles. The van der Waals surface area contributed by atoms with Crippen molar-refractivity contribution >= 4 is 23.1 Å². The van der Waals surface area contributed by atoms with Crippen LogP contribution in [0.3, 0.4) is 0 Å².